The second-order valence-corrected chi connectivity index (χ2v) is 11.3. The van der Waals surface area contributed by atoms with Crippen molar-refractivity contribution in [3.05, 3.63) is 48.0 Å². The zero-order valence-corrected chi connectivity index (χ0v) is 20.6. The summed E-state index contributed by atoms with van der Waals surface area (Å²) in [5.41, 5.74) is -6.80. The third-order valence-electron chi connectivity index (χ3n) is 9.46. The maximum atomic E-state index is 17.3. The minimum Gasteiger partial charge on any atom is -0.457 e. The maximum absolute atomic E-state index is 17.3. The highest BCUT2D eigenvalue weighted by atomic mass is 32.1. The first-order chi connectivity index (χ1) is 16.3. The van der Waals surface area contributed by atoms with Crippen molar-refractivity contribution in [2.24, 2.45) is 28.6 Å². The number of ether oxygens (including phenoxy) is 1. The van der Waals surface area contributed by atoms with Crippen LogP contribution in [-0.2, 0) is 14.3 Å². The van der Waals surface area contributed by atoms with Gasteiger partial charge in [-0.25, -0.2) is 13.6 Å². The predicted molar refractivity (Wildman–Crippen MR) is 124 cm³/mol. The number of hydrogen-bond acceptors (Lipinski definition) is 6. The lowest BCUT2D eigenvalue weighted by atomic mass is 9.44. The highest BCUT2D eigenvalue weighted by Crippen LogP contribution is 2.71. The summed E-state index contributed by atoms with van der Waals surface area (Å²) in [7, 11) is 0. The van der Waals surface area contributed by atoms with E-state index in [0.717, 1.165) is 6.08 Å². The van der Waals surface area contributed by atoms with E-state index in [1.54, 1.807) is 13.8 Å². The Kier molecular flexibility index (Phi) is 5.32. The molecule has 3 saturated carbocycles. The number of allylic oxidation sites excluding steroid dienone is 4. The Labute approximate surface area is 207 Å². The van der Waals surface area contributed by atoms with E-state index in [1.807, 2.05) is 0 Å². The summed E-state index contributed by atoms with van der Waals surface area (Å²) in [6, 6.07) is 2.91. The third-order valence-corrected chi connectivity index (χ3v) is 9.79. The van der Waals surface area contributed by atoms with Gasteiger partial charge in [-0.1, -0.05) is 19.9 Å². The number of thiol groups is 1. The Morgan fingerprint density at radius 1 is 1.26 bits per heavy atom. The number of ketones is 1. The second kappa shape index (κ2) is 7.62. The quantitative estimate of drug-likeness (QED) is 0.472. The number of halogens is 2. The number of hydrogen-bond donors (Lipinski definition) is 2. The molecule has 4 aliphatic rings. The summed E-state index contributed by atoms with van der Waals surface area (Å²) in [4.78, 5) is 38.0. The predicted octanol–water partition coefficient (Wildman–Crippen LogP) is 4.20. The average Bonchev–Trinajstić information content (AvgIpc) is 3.39. The molecule has 9 heteroatoms. The van der Waals surface area contributed by atoms with Crippen LogP contribution >= 0.6 is 12.6 Å². The monoisotopic (exact) mass is 506 g/mol. The van der Waals surface area contributed by atoms with Gasteiger partial charge in [0.05, 0.1) is 12.4 Å². The van der Waals surface area contributed by atoms with Crippen molar-refractivity contribution in [2.75, 3.05) is 0 Å². The molecule has 188 valence electrons. The van der Waals surface area contributed by atoms with E-state index in [4.69, 9.17) is 9.15 Å². The summed E-state index contributed by atoms with van der Waals surface area (Å²) in [6.45, 7) is 4.93. The highest BCUT2D eigenvalue weighted by Gasteiger charge is 2.78. The molecule has 0 radical (unpaired) electrons. The zero-order chi connectivity index (χ0) is 25.6. The maximum Gasteiger partial charge on any atom is 0.375 e. The van der Waals surface area contributed by atoms with Gasteiger partial charge in [0.2, 0.25) is 10.9 Å². The number of carbonyl (C=O) groups excluding carboxylic acids is 3. The van der Waals surface area contributed by atoms with Gasteiger partial charge in [0.15, 0.2) is 17.1 Å². The minimum absolute atomic E-state index is 0.0261. The molecule has 1 N–H and O–H groups in total. The molecule has 0 aromatic carbocycles. The van der Waals surface area contributed by atoms with Crippen LogP contribution in [0.2, 0.25) is 0 Å². The van der Waals surface area contributed by atoms with Crippen LogP contribution in [0.3, 0.4) is 0 Å². The van der Waals surface area contributed by atoms with Gasteiger partial charge in [-0.3, -0.25) is 9.59 Å². The van der Waals surface area contributed by atoms with E-state index in [0.29, 0.717) is 0 Å². The summed E-state index contributed by atoms with van der Waals surface area (Å²) >= 11 is 4.11. The number of aliphatic hydroxyl groups is 1. The van der Waals surface area contributed by atoms with Crippen LogP contribution in [0.4, 0.5) is 8.78 Å². The molecular weight excluding hydrogens is 478 g/mol. The summed E-state index contributed by atoms with van der Waals surface area (Å²) in [5.74, 6) is -3.57. The van der Waals surface area contributed by atoms with Crippen molar-refractivity contribution in [2.45, 2.75) is 63.6 Å². The first-order valence-electron chi connectivity index (χ1n) is 11.8. The van der Waals surface area contributed by atoms with E-state index < -0.39 is 69.0 Å². The molecule has 3 fully saturated rings. The lowest BCUT2D eigenvalue weighted by Crippen LogP contribution is -2.70. The van der Waals surface area contributed by atoms with Crippen molar-refractivity contribution in [1.29, 1.82) is 0 Å². The van der Waals surface area contributed by atoms with Gasteiger partial charge in [0.25, 0.3) is 0 Å². The Balaban J connectivity index is 1.62. The van der Waals surface area contributed by atoms with Crippen molar-refractivity contribution in [3.8, 4) is 0 Å². The van der Waals surface area contributed by atoms with Gasteiger partial charge in [-0.15, -0.1) is 12.6 Å². The molecule has 4 aliphatic carbocycles. The SMILES string of the molecule is CC1C[C@H]2[C@@H]3C[C@H](F)C4=CC(=O)C=C[C@]4(C)[C@@]3(F)[C@@H](O)C[C@]2(C)[C@@]1(OC(=O)c1ccco1)C(=O)S. The van der Waals surface area contributed by atoms with Crippen LogP contribution in [0.25, 0.3) is 0 Å². The van der Waals surface area contributed by atoms with Gasteiger partial charge >= 0.3 is 5.97 Å². The van der Waals surface area contributed by atoms with E-state index in [2.05, 4.69) is 12.6 Å². The highest BCUT2D eigenvalue weighted by molar-refractivity contribution is 7.96. The first kappa shape index (κ1) is 24.4. The molecule has 1 heterocycles. The Bertz CT molecular complexity index is 1160. The molecule has 0 amide bonds. The van der Waals surface area contributed by atoms with Crippen LogP contribution in [0, 0.1) is 28.6 Å². The fraction of sp³-hybridized carbons (Fsp3) is 0.577. The standard InChI is InChI=1S/C26H28F2O6S/c1-13-9-15-16-11-18(27)17-10-14(29)6-7-23(17,2)25(16,28)20(30)12-24(15,3)26(13,22(32)35)34-21(31)19-5-4-8-33-19/h4-8,10,13,15-16,18,20,30H,9,11-12H2,1-3H3,(H,32,35)/t13?,15-,16-,18-,20-,23-,24-,25-,26-/m0/s1. The molecule has 1 aromatic heterocycles. The van der Waals surface area contributed by atoms with Gasteiger partial charge in [0, 0.05) is 22.7 Å². The number of furan rings is 1. The number of fused-ring (bicyclic) bond motifs is 5. The topological polar surface area (TPSA) is 93.8 Å². The second-order valence-electron chi connectivity index (χ2n) is 10.9. The smallest absolute Gasteiger partial charge is 0.375 e. The Hall–Kier alpha value is -2.26. The lowest BCUT2D eigenvalue weighted by Gasteiger charge is -2.63. The molecule has 0 saturated heterocycles. The molecular formula is C26H28F2O6S. The van der Waals surface area contributed by atoms with Crippen molar-refractivity contribution in [1.82, 2.24) is 0 Å². The molecule has 35 heavy (non-hydrogen) atoms. The lowest BCUT2D eigenvalue weighted by molar-refractivity contribution is -0.221. The third kappa shape index (κ3) is 2.88. The Morgan fingerprint density at radius 2 is 1.97 bits per heavy atom. The normalized spacial score (nSPS) is 46.3. The fourth-order valence-corrected chi connectivity index (χ4v) is 8.35. The minimum atomic E-state index is -2.29. The number of carbonyl (C=O) groups is 3. The van der Waals surface area contributed by atoms with Crippen LogP contribution in [-0.4, -0.2) is 45.5 Å². The van der Waals surface area contributed by atoms with Gasteiger partial charge in [-0.05, 0) is 62.0 Å². The van der Waals surface area contributed by atoms with Gasteiger partial charge in [0.1, 0.15) is 6.17 Å². The van der Waals surface area contributed by atoms with Crippen LogP contribution in [0.1, 0.15) is 50.6 Å². The number of esters is 1. The zero-order valence-electron chi connectivity index (χ0n) is 19.7. The van der Waals surface area contributed by atoms with Crippen LogP contribution in [0.15, 0.2) is 46.6 Å². The molecule has 0 bridgehead atoms. The van der Waals surface area contributed by atoms with E-state index in [-0.39, 0.29) is 30.6 Å². The largest absolute Gasteiger partial charge is 0.457 e. The van der Waals surface area contributed by atoms with Gasteiger partial charge in [-0.2, -0.15) is 0 Å². The number of alkyl halides is 2. The van der Waals surface area contributed by atoms with Crippen molar-refractivity contribution >= 4 is 29.5 Å². The van der Waals surface area contributed by atoms with E-state index >= 15 is 8.78 Å². The average molecular weight is 507 g/mol. The van der Waals surface area contributed by atoms with E-state index in [9.17, 15) is 19.5 Å². The molecule has 9 atom stereocenters. The molecule has 1 aromatic rings. The number of aliphatic hydroxyl groups excluding tert-OH is 1. The molecule has 6 nitrogen and oxygen atoms in total. The molecule has 5 rings (SSSR count). The molecule has 1 unspecified atom stereocenters. The van der Waals surface area contributed by atoms with Crippen LogP contribution < -0.4 is 0 Å². The molecule has 0 spiro atoms. The Morgan fingerprint density at radius 3 is 2.60 bits per heavy atom. The number of rotatable bonds is 3. The first-order valence-corrected chi connectivity index (χ1v) is 12.2. The summed E-state index contributed by atoms with van der Waals surface area (Å²) < 4.78 is 43.8. The van der Waals surface area contributed by atoms with Crippen molar-refractivity contribution < 1.29 is 37.4 Å². The molecule has 0 aliphatic heterocycles. The van der Waals surface area contributed by atoms with Gasteiger partial charge < -0.3 is 14.3 Å². The fourth-order valence-electron chi connectivity index (χ4n) is 7.83. The van der Waals surface area contributed by atoms with E-state index in [1.165, 1.54) is 37.5 Å². The summed E-state index contributed by atoms with van der Waals surface area (Å²) in [5, 5.41) is 10.7. The van der Waals surface area contributed by atoms with Crippen LogP contribution in [0.5, 0.6) is 0 Å². The van der Waals surface area contributed by atoms with Crippen molar-refractivity contribution in [3.63, 3.8) is 0 Å². The summed E-state index contributed by atoms with van der Waals surface area (Å²) in [6.07, 6.45) is 1.58.